The number of hydrogen-bond donors (Lipinski definition) is 3. The molecular weight excluding hydrogens is 264 g/mol. The molecule has 0 atom stereocenters. The van der Waals surface area contributed by atoms with Crippen LogP contribution in [0.5, 0.6) is 0 Å². The van der Waals surface area contributed by atoms with Gasteiger partial charge in [-0.15, -0.1) is 11.3 Å². The van der Waals surface area contributed by atoms with E-state index in [1.807, 2.05) is 14.0 Å². The Morgan fingerprint density at radius 2 is 2.32 bits per heavy atom. The van der Waals surface area contributed by atoms with Crippen molar-refractivity contribution in [1.82, 2.24) is 15.1 Å². The Bertz CT molecular complexity index is 669. The maximum Gasteiger partial charge on any atom is 0.264 e. The Morgan fingerprint density at radius 3 is 2.84 bits per heavy atom. The van der Waals surface area contributed by atoms with Gasteiger partial charge in [0.2, 0.25) is 0 Å². The topological polar surface area (TPSA) is 93.2 Å². The van der Waals surface area contributed by atoms with Crippen LogP contribution in [0.1, 0.15) is 28.2 Å². The van der Waals surface area contributed by atoms with Gasteiger partial charge < -0.3 is 16.2 Å². The van der Waals surface area contributed by atoms with Gasteiger partial charge in [-0.3, -0.25) is 9.48 Å². The number of hydrogen-bond acceptors (Lipinski definition) is 5. The SMILES string of the molecule is Cc1nn(C)c2sc(C(=O)NC3(CO)CC3)c(N)c12. The Labute approximate surface area is 114 Å². The van der Waals surface area contributed by atoms with E-state index in [0.29, 0.717) is 10.6 Å². The number of rotatable bonds is 3. The molecule has 0 aromatic carbocycles. The van der Waals surface area contributed by atoms with E-state index in [1.54, 1.807) is 4.68 Å². The molecule has 6 nitrogen and oxygen atoms in total. The molecule has 1 aliphatic rings. The first kappa shape index (κ1) is 12.4. The summed E-state index contributed by atoms with van der Waals surface area (Å²) in [5, 5.41) is 17.3. The minimum Gasteiger partial charge on any atom is -0.397 e. The summed E-state index contributed by atoms with van der Waals surface area (Å²) in [5.74, 6) is -0.204. The predicted molar refractivity (Wildman–Crippen MR) is 74.3 cm³/mol. The predicted octanol–water partition coefficient (Wildman–Crippen LogP) is 0.780. The van der Waals surface area contributed by atoms with Gasteiger partial charge >= 0.3 is 0 Å². The molecule has 1 saturated carbocycles. The number of nitrogens with two attached hydrogens (primary N) is 1. The number of aromatic nitrogens is 2. The van der Waals surface area contributed by atoms with Gasteiger partial charge in [0.1, 0.15) is 9.71 Å². The summed E-state index contributed by atoms with van der Waals surface area (Å²) in [4.78, 5) is 13.7. The van der Waals surface area contributed by atoms with Gasteiger partial charge in [0.15, 0.2) is 0 Å². The second kappa shape index (κ2) is 3.94. The summed E-state index contributed by atoms with van der Waals surface area (Å²) in [6.45, 7) is 1.85. The smallest absolute Gasteiger partial charge is 0.264 e. The Kier molecular flexibility index (Phi) is 2.58. The molecule has 7 heteroatoms. The third kappa shape index (κ3) is 1.81. The molecule has 19 heavy (non-hydrogen) atoms. The number of aliphatic hydroxyl groups excluding tert-OH is 1. The van der Waals surface area contributed by atoms with Gasteiger partial charge in [-0.2, -0.15) is 5.10 Å². The van der Waals surface area contributed by atoms with Gasteiger partial charge in [-0.25, -0.2) is 0 Å². The number of nitrogens with one attached hydrogen (secondary N) is 1. The van der Waals surface area contributed by atoms with Crippen molar-refractivity contribution in [3.05, 3.63) is 10.6 Å². The first-order chi connectivity index (χ1) is 8.97. The van der Waals surface area contributed by atoms with Crippen molar-refractivity contribution >= 4 is 33.1 Å². The first-order valence-electron chi connectivity index (χ1n) is 6.12. The number of thiophene rings is 1. The zero-order chi connectivity index (χ0) is 13.8. The first-order valence-corrected chi connectivity index (χ1v) is 6.94. The van der Waals surface area contributed by atoms with Crippen molar-refractivity contribution < 1.29 is 9.90 Å². The minimum atomic E-state index is -0.424. The van der Waals surface area contributed by atoms with Crippen molar-refractivity contribution in [2.45, 2.75) is 25.3 Å². The molecule has 2 heterocycles. The second-order valence-electron chi connectivity index (χ2n) is 5.13. The largest absolute Gasteiger partial charge is 0.397 e. The van der Waals surface area contributed by atoms with Crippen molar-refractivity contribution in [3.63, 3.8) is 0 Å². The fraction of sp³-hybridized carbons (Fsp3) is 0.500. The van der Waals surface area contributed by atoms with Crippen molar-refractivity contribution in [2.75, 3.05) is 12.3 Å². The van der Waals surface area contributed by atoms with Crippen LogP contribution in [0, 0.1) is 6.92 Å². The molecule has 0 saturated heterocycles. The molecule has 1 fully saturated rings. The van der Waals surface area contributed by atoms with E-state index in [4.69, 9.17) is 5.73 Å². The molecule has 3 rings (SSSR count). The fourth-order valence-corrected chi connectivity index (χ4v) is 3.35. The molecule has 0 spiro atoms. The lowest BCUT2D eigenvalue weighted by atomic mass is 10.2. The van der Waals surface area contributed by atoms with Crippen LogP contribution < -0.4 is 11.1 Å². The zero-order valence-electron chi connectivity index (χ0n) is 10.9. The summed E-state index contributed by atoms with van der Waals surface area (Å²) in [5.41, 5.74) is 6.96. The van der Waals surface area contributed by atoms with Crippen LogP contribution in [-0.2, 0) is 7.05 Å². The number of nitrogens with zero attached hydrogens (tertiary/aromatic N) is 2. The third-order valence-electron chi connectivity index (χ3n) is 3.62. The summed E-state index contributed by atoms with van der Waals surface area (Å²) in [7, 11) is 1.84. The number of amides is 1. The molecule has 1 aliphatic carbocycles. The highest BCUT2D eigenvalue weighted by molar-refractivity contribution is 7.21. The van der Waals surface area contributed by atoms with Crippen molar-refractivity contribution in [1.29, 1.82) is 0 Å². The summed E-state index contributed by atoms with van der Waals surface area (Å²) < 4.78 is 1.74. The van der Waals surface area contributed by atoms with E-state index >= 15 is 0 Å². The summed E-state index contributed by atoms with van der Waals surface area (Å²) in [6.07, 6.45) is 1.64. The van der Waals surface area contributed by atoms with E-state index in [2.05, 4.69) is 10.4 Å². The molecule has 2 aromatic rings. The summed E-state index contributed by atoms with van der Waals surface area (Å²) >= 11 is 1.34. The van der Waals surface area contributed by atoms with Crippen molar-refractivity contribution in [3.8, 4) is 0 Å². The van der Waals surface area contributed by atoms with Crippen LogP contribution in [0.25, 0.3) is 10.2 Å². The number of nitrogen functional groups attached to an aromatic ring is 1. The highest BCUT2D eigenvalue weighted by atomic mass is 32.1. The standard InChI is InChI=1S/C12H16N4O2S/c1-6-7-8(13)9(19-11(7)16(2)15-6)10(18)14-12(5-17)3-4-12/h17H,3-5,13H2,1-2H3,(H,14,18). The van der Waals surface area contributed by atoms with Gasteiger partial charge in [0.25, 0.3) is 5.91 Å². The minimum absolute atomic E-state index is 0.0237. The van der Waals surface area contributed by atoms with Gasteiger partial charge in [0, 0.05) is 7.05 Å². The van der Waals surface area contributed by atoms with Crippen LogP contribution in [0.4, 0.5) is 5.69 Å². The van der Waals surface area contributed by atoms with E-state index < -0.39 is 5.54 Å². The van der Waals surface area contributed by atoms with Crippen LogP contribution >= 0.6 is 11.3 Å². The monoisotopic (exact) mass is 280 g/mol. The fourth-order valence-electron chi connectivity index (χ4n) is 2.27. The highest BCUT2D eigenvalue weighted by Crippen LogP contribution is 2.38. The number of anilines is 1. The van der Waals surface area contributed by atoms with Gasteiger partial charge in [-0.05, 0) is 19.8 Å². The number of fused-ring (bicyclic) bond motifs is 1. The number of aryl methyl sites for hydroxylation is 2. The molecule has 0 aliphatic heterocycles. The van der Waals surface area contributed by atoms with Crippen LogP contribution in [0.2, 0.25) is 0 Å². The lowest BCUT2D eigenvalue weighted by molar-refractivity contribution is 0.0912. The number of aliphatic hydroxyl groups is 1. The molecule has 4 N–H and O–H groups in total. The van der Waals surface area contributed by atoms with Gasteiger partial charge in [-0.1, -0.05) is 0 Å². The summed E-state index contributed by atoms with van der Waals surface area (Å²) in [6, 6.07) is 0. The average molecular weight is 280 g/mol. The Hall–Kier alpha value is -1.60. The lowest BCUT2D eigenvalue weighted by Gasteiger charge is -2.13. The Morgan fingerprint density at radius 1 is 1.63 bits per heavy atom. The van der Waals surface area contributed by atoms with Crippen LogP contribution in [0.3, 0.4) is 0 Å². The molecule has 0 radical (unpaired) electrons. The molecule has 0 bridgehead atoms. The maximum absolute atomic E-state index is 12.2. The quantitative estimate of drug-likeness (QED) is 0.774. The van der Waals surface area contributed by atoms with Gasteiger partial charge in [0.05, 0.1) is 28.9 Å². The second-order valence-corrected chi connectivity index (χ2v) is 6.13. The van der Waals surface area contributed by atoms with E-state index in [-0.39, 0.29) is 12.5 Å². The maximum atomic E-state index is 12.2. The molecule has 1 amide bonds. The van der Waals surface area contributed by atoms with Crippen molar-refractivity contribution in [2.24, 2.45) is 7.05 Å². The average Bonchev–Trinajstić information content (AvgIpc) is 2.95. The van der Waals surface area contributed by atoms with Crippen LogP contribution in [0.15, 0.2) is 0 Å². The lowest BCUT2D eigenvalue weighted by Crippen LogP contribution is -2.39. The number of carbonyl (C=O) groups is 1. The van der Waals surface area contributed by atoms with E-state index in [0.717, 1.165) is 28.8 Å². The molecule has 0 unspecified atom stereocenters. The number of carbonyl (C=O) groups excluding carboxylic acids is 1. The molecule has 102 valence electrons. The van der Waals surface area contributed by atoms with Crippen LogP contribution in [-0.4, -0.2) is 32.9 Å². The highest BCUT2D eigenvalue weighted by Gasteiger charge is 2.44. The van der Waals surface area contributed by atoms with E-state index in [9.17, 15) is 9.90 Å². The Balaban J connectivity index is 1.99. The molecular formula is C12H16N4O2S. The van der Waals surface area contributed by atoms with E-state index in [1.165, 1.54) is 11.3 Å². The normalized spacial score (nSPS) is 16.8. The molecule has 2 aromatic heterocycles. The third-order valence-corrected chi connectivity index (χ3v) is 4.89. The zero-order valence-corrected chi connectivity index (χ0v) is 11.7.